The first kappa shape index (κ1) is 13.0. The molecule has 0 aromatic carbocycles. The van der Waals surface area contributed by atoms with Crippen LogP contribution < -0.4 is 11.1 Å². The van der Waals surface area contributed by atoms with Crippen molar-refractivity contribution < 1.29 is 0 Å². The Balaban J connectivity index is 2.36. The molecule has 1 rings (SSSR count). The van der Waals surface area contributed by atoms with Gasteiger partial charge in [-0.1, -0.05) is 20.8 Å². The van der Waals surface area contributed by atoms with Gasteiger partial charge in [0.25, 0.3) is 0 Å². The number of hydrogen-bond donors (Lipinski definition) is 2. The van der Waals surface area contributed by atoms with Crippen LogP contribution in [-0.2, 0) is 0 Å². The molecule has 0 aromatic heterocycles. The lowest BCUT2D eigenvalue weighted by Gasteiger charge is -2.34. The van der Waals surface area contributed by atoms with E-state index in [2.05, 4.69) is 39.9 Å². The van der Waals surface area contributed by atoms with Crippen LogP contribution in [0.2, 0.25) is 0 Å². The van der Waals surface area contributed by atoms with Crippen molar-refractivity contribution in [2.24, 2.45) is 16.6 Å². The van der Waals surface area contributed by atoms with Gasteiger partial charge in [0.05, 0.1) is 0 Å². The summed E-state index contributed by atoms with van der Waals surface area (Å²) in [6.45, 7) is 13.4. The summed E-state index contributed by atoms with van der Waals surface area (Å²) in [4.78, 5) is 0. The number of hydrogen-bond acceptors (Lipinski definition) is 2. The molecule has 0 bridgehead atoms. The first-order chi connectivity index (χ1) is 6.68. The summed E-state index contributed by atoms with van der Waals surface area (Å²) >= 11 is 0. The zero-order valence-electron chi connectivity index (χ0n) is 11.1. The van der Waals surface area contributed by atoms with Crippen LogP contribution in [0, 0.1) is 10.8 Å². The van der Waals surface area contributed by atoms with Crippen LogP contribution in [0.15, 0.2) is 0 Å². The minimum Gasteiger partial charge on any atom is -0.330 e. The monoisotopic (exact) mass is 212 g/mol. The van der Waals surface area contributed by atoms with E-state index in [0.717, 1.165) is 13.1 Å². The maximum absolute atomic E-state index is 5.79. The predicted octanol–water partition coefficient (Wildman–Crippen LogP) is 2.53. The average molecular weight is 212 g/mol. The number of nitrogens with two attached hydrogens (primary N) is 1. The molecule has 2 nitrogen and oxygen atoms in total. The van der Waals surface area contributed by atoms with Gasteiger partial charge in [0.15, 0.2) is 0 Å². The Morgan fingerprint density at radius 2 is 1.67 bits per heavy atom. The molecule has 2 heteroatoms. The predicted molar refractivity (Wildman–Crippen MR) is 66.9 cm³/mol. The summed E-state index contributed by atoms with van der Waals surface area (Å²) in [6, 6.07) is 0. The molecular formula is C13H28N2. The van der Waals surface area contributed by atoms with Crippen molar-refractivity contribution in [2.45, 2.75) is 59.4 Å². The molecule has 0 aliphatic heterocycles. The van der Waals surface area contributed by atoms with Gasteiger partial charge in [-0.15, -0.1) is 0 Å². The highest BCUT2D eigenvalue weighted by atomic mass is 15.0. The van der Waals surface area contributed by atoms with E-state index >= 15 is 0 Å². The highest BCUT2D eigenvalue weighted by molar-refractivity contribution is 4.97. The van der Waals surface area contributed by atoms with Crippen LogP contribution in [0.4, 0.5) is 0 Å². The maximum atomic E-state index is 5.79. The molecule has 0 unspecified atom stereocenters. The highest BCUT2D eigenvalue weighted by Crippen LogP contribution is 2.44. The molecular weight excluding hydrogens is 184 g/mol. The van der Waals surface area contributed by atoms with E-state index < -0.39 is 0 Å². The number of rotatable bonds is 5. The van der Waals surface area contributed by atoms with Gasteiger partial charge in [0, 0.05) is 12.1 Å². The zero-order valence-corrected chi connectivity index (χ0v) is 11.1. The Kier molecular flexibility index (Phi) is 3.52. The zero-order chi connectivity index (χ0) is 11.7. The summed E-state index contributed by atoms with van der Waals surface area (Å²) in [5.74, 6) is 0. The average Bonchev–Trinajstić information content (AvgIpc) is 2.77. The Morgan fingerprint density at radius 3 is 2.00 bits per heavy atom. The molecule has 1 saturated carbocycles. The van der Waals surface area contributed by atoms with Gasteiger partial charge < -0.3 is 11.1 Å². The molecule has 0 heterocycles. The Morgan fingerprint density at radius 1 is 1.13 bits per heavy atom. The van der Waals surface area contributed by atoms with Gasteiger partial charge in [-0.05, 0) is 50.5 Å². The fourth-order valence-corrected chi connectivity index (χ4v) is 2.44. The molecule has 1 aliphatic rings. The first-order valence-electron chi connectivity index (χ1n) is 6.13. The molecule has 90 valence electrons. The lowest BCUT2D eigenvalue weighted by Crippen LogP contribution is -2.46. The maximum Gasteiger partial charge on any atom is 0.0130 e. The van der Waals surface area contributed by atoms with Crippen molar-refractivity contribution in [2.75, 3.05) is 13.1 Å². The lowest BCUT2D eigenvalue weighted by atomic mass is 9.81. The summed E-state index contributed by atoms with van der Waals surface area (Å²) < 4.78 is 0. The Hall–Kier alpha value is -0.0800. The standard InChI is InChI=1S/C13H28N2/c1-11(2,3)8-12(4,5)15-10-13(9-14)6-7-13/h15H,6-10,14H2,1-5H3. The molecule has 0 amide bonds. The van der Waals surface area contributed by atoms with E-state index in [-0.39, 0.29) is 5.54 Å². The van der Waals surface area contributed by atoms with E-state index in [1.165, 1.54) is 19.3 Å². The van der Waals surface area contributed by atoms with Crippen LogP contribution in [0.25, 0.3) is 0 Å². The van der Waals surface area contributed by atoms with Crippen LogP contribution in [0.1, 0.15) is 53.9 Å². The minimum absolute atomic E-state index is 0.225. The quantitative estimate of drug-likeness (QED) is 0.735. The topological polar surface area (TPSA) is 38.0 Å². The van der Waals surface area contributed by atoms with Crippen molar-refractivity contribution >= 4 is 0 Å². The second kappa shape index (κ2) is 4.06. The summed E-state index contributed by atoms with van der Waals surface area (Å²) in [5, 5.41) is 3.69. The fraction of sp³-hybridized carbons (Fsp3) is 1.00. The minimum atomic E-state index is 0.225. The third kappa shape index (κ3) is 4.52. The summed E-state index contributed by atoms with van der Waals surface area (Å²) in [5.41, 5.74) is 6.84. The molecule has 0 spiro atoms. The SMILES string of the molecule is CC(C)(C)CC(C)(C)NCC1(CN)CC1. The summed E-state index contributed by atoms with van der Waals surface area (Å²) in [6.07, 6.45) is 3.81. The molecule has 0 atom stereocenters. The first-order valence-corrected chi connectivity index (χ1v) is 6.13. The van der Waals surface area contributed by atoms with Crippen molar-refractivity contribution in [3.05, 3.63) is 0 Å². The normalized spacial score (nSPS) is 20.4. The third-order valence-corrected chi connectivity index (χ3v) is 3.30. The summed E-state index contributed by atoms with van der Waals surface area (Å²) in [7, 11) is 0. The van der Waals surface area contributed by atoms with Gasteiger partial charge >= 0.3 is 0 Å². The van der Waals surface area contributed by atoms with Gasteiger partial charge in [-0.2, -0.15) is 0 Å². The second-order valence-electron chi connectivity index (χ2n) is 7.18. The van der Waals surface area contributed by atoms with E-state index in [4.69, 9.17) is 5.73 Å². The second-order valence-corrected chi connectivity index (χ2v) is 7.18. The van der Waals surface area contributed by atoms with Crippen LogP contribution >= 0.6 is 0 Å². The van der Waals surface area contributed by atoms with Crippen LogP contribution in [0.5, 0.6) is 0 Å². The third-order valence-electron chi connectivity index (χ3n) is 3.30. The molecule has 0 aromatic rings. The van der Waals surface area contributed by atoms with Gasteiger partial charge in [-0.25, -0.2) is 0 Å². The Labute approximate surface area is 95.0 Å². The van der Waals surface area contributed by atoms with Crippen molar-refractivity contribution in [3.63, 3.8) is 0 Å². The molecule has 0 radical (unpaired) electrons. The molecule has 1 aliphatic carbocycles. The Bertz CT molecular complexity index is 209. The van der Waals surface area contributed by atoms with E-state index in [1.54, 1.807) is 0 Å². The van der Waals surface area contributed by atoms with Gasteiger partial charge in [0.1, 0.15) is 0 Å². The number of nitrogens with one attached hydrogen (secondary N) is 1. The lowest BCUT2D eigenvalue weighted by molar-refractivity contribution is 0.229. The van der Waals surface area contributed by atoms with E-state index in [1.807, 2.05) is 0 Å². The van der Waals surface area contributed by atoms with Crippen molar-refractivity contribution in [1.82, 2.24) is 5.32 Å². The largest absolute Gasteiger partial charge is 0.330 e. The van der Waals surface area contributed by atoms with Crippen molar-refractivity contribution in [1.29, 1.82) is 0 Å². The molecule has 15 heavy (non-hydrogen) atoms. The smallest absolute Gasteiger partial charge is 0.0130 e. The van der Waals surface area contributed by atoms with Crippen LogP contribution in [0.3, 0.4) is 0 Å². The van der Waals surface area contributed by atoms with Crippen molar-refractivity contribution in [3.8, 4) is 0 Å². The van der Waals surface area contributed by atoms with E-state index in [0.29, 0.717) is 10.8 Å². The fourth-order valence-electron chi connectivity index (χ4n) is 2.44. The van der Waals surface area contributed by atoms with Crippen LogP contribution in [-0.4, -0.2) is 18.6 Å². The van der Waals surface area contributed by atoms with Gasteiger partial charge in [-0.3, -0.25) is 0 Å². The van der Waals surface area contributed by atoms with Gasteiger partial charge in [0.2, 0.25) is 0 Å². The molecule has 0 saturated heterocycles. The highest BCUT2D eigenvalue weighted by Gasteiger charge is 2.42. The molecule has 1 fully saturated rings. The molecule has 3 N–H and O–H groups in total. The van der Waals surface area contributed by atoms with E-state index in [9.17, 15) is 0 Å².